The van der Waals surface area contributed by atoms with Crippen LogP contribution in [-0.4, -0.2) is 12.5 Å². The van der Waals surface area contributed by atoms with Gasteiger partial charge in [-0.2, -0.15) is 0 Å². The van der Waals surface area contributed by atoms with Crippen molar-refractivity contribution in [2.24, 2.45) is 0 Å². The Kier molecular flexibility index (Phi) is 5.37. The highest BCUT2D eigenvalue weighted by Crippen LogP contribution is 2.22. The first-order valence-corrected chi connectivity index (χ1v) is 7.86. The van der Waals surface area contributed by atoms with Gasteiger partial charge in [0.15, 0.2) is 0 Å². The van der Waals surface area contributed by atoms with E-state index >= 15 is 0 Å². The number of amides is 1. The van der Waals surface area contributed by atoms with Crippen LogP contribution in [0.25, 0.3) is 0 Å². The Balaban J connectivity index is 1.88. The third kappa shape index (κ3) is 4.45. The number of rotatable bonds is 6. The molecule has 1 unspecified atom stereocenters. The third-order valence-corrected chi connectivity index (χ3v) is 4.14. The lowest BCUT2D eigenvalue weighted by Gasteiger charge is -2.26. The summed E-state index contributed by atoms with van der Waals surface area (Å²) in [6, 6.07) is 20.5. The molecule has 0 heterocycles. The van der Waals surface area contributed by atoms with Crippen molar-refractivity contribution < 1.29 is 4.79 Å². The number of carbonyl (C=O) groups is 1. The highest BCUT2D eigenvalue weighted by molar-refractivity contribution is 5.77. The molecule has 0 spiro atoms. The first-order chi connectivity index (χ1) is 10.5. The van der Waals surface area contributed by atoms with Crippen molar-refractivity contribution in [3.05, 3.63) is 71.8 Å². The molecule has 0 aliphatic heterocycles. The maximum Gasteiger partial charge on any atom is 0.220 e. The zero-order valence-corrected chi connectivity index (χ0v) is 13.7. The summed E-state index contributed by atoms with van der Waals surface area (Å²) in [6.07, 6.45) is 0.523. The van der Waals surface area contributed by atoms with Crippen LogP contribution in [0, 0.1) is 0 Å². The molecular weight excluding hydrogens is 270 g/mol. The zero-order chi connectivity index (χ0) is 16.0. The highest BCUT2D eigenvalue weighted by Gasteiger charge is 2.21. The topological polar surface area (TPSA) is 29.1 Å². The van der Waals surface area contributed by atoms with Crippen LogP contribution in [0.4, 0.5) is 0 Å². The van der Waals surface area contributed by atoms with Crippen LogP contribution in [0.5, 0.6) is 0 Å². The molecule has 0 saturated heterocycles. The number of nitrogens with one attached hydrogen (secondary N) is 1. The van der Waals surface area contributed by atoms with E-state index in [9.17, 15) is 4.79 Å². The molecule has 2 aromatic rings. The molecule has 2 rings (SSSR count). The minimum atomic E-state index is -0.0626. The lowest BCUT2D eigenvalue weighted by Crippen LogP contribution is -2.37. The van der Waals surface area contributed by atoms with Gasteiger partial charge in [0.25, 0.3) is 0 Å². The fourth-order valence-electron chi connectivity index (χ4n) is 2.56. The minimum Gasteiger partial charge on any atom is -0.355 e. The van der Waals surface area contributed by atoms with E-state index in [1.54, 1.807) is 0 Å². The van der Waals surface area contributed by atoms with Gasteiger partial charge in [0.2, 0.25) is 5.91 Å². The molecule has 2 heteroatoms. The third-order valence-electron chi connectivity index (χ3n) is 4.14. The highest BCUT2D eigenvalue weighted by atomic mass is 16.1. The first kappa shape index (κ1) is 16.3. The smallest absolute Gasteiger partial charge is 0.220 e. The van der Waals surface area contributed by atoms with Gasteiger partial charge < -0.3 is 5.32 Å². The summed E-state index contributed by atoms with van der Waals surface area (Å²) in [5.74, 6) is 0.349. The minimum absolute atomic E-state index is 0.0626. The van der Waals surface area contributed by atoms with Crippen LogP contribution in [0.1, 0.15) is 44.2 Å². The van der Waals surface area contributed by atoms with Crippen LogP contribution in [0.3, 0.4) is 0 Å². The Morgan fingerprint density at radius 2 is 1.55 bits per heavy atom. The molecule has 0 aromatic heterocycles. The van der Waals surface area contributed by atoms with Crippen molar-refractivity contribution in [2.75, 3.05) is 6.54 Å². The number of hydrogen-bond donors (Lipinski definition) is 1. The van der Waals surface area contributed by atoms with E-state index in [1.165, 1.54) is 11.1 Å². The molecule has 0 aliphatic rings. The van der Waals surface area contributed by atoms with E-state index in [0.29, 0.717) is 13.0 Å². The average molecular weight is 295 g/mol. The number of hydrogen-bond acceptors (Lipinski definition) is 1. The normalized spacial score (nSPS) is 12.7. The summed E-state index contributed by atoms with van der Waals surface area (Å²) in [4.78, 5) is 12.2. The second kappa shape index (κ2) is 7.26. The van der Waals surface area contributed by atoms with Gasteiger partial charge in [-0.15, -0.1) is 0 Å². The maximum absolute atomic E-state index is 12.2. The van der Waals surface area contributed by atoms with E-state index in [2.05, 4.69) is 50.4 Å². The van der Waals surface area contributed by atoms with E-state index in [-0.39, 0.29) is 17.2 Å². The summed E-state index contributed by atoms with van der Waals surface area (Å²) in [6.45, 7) is 7.06. The van der Waals surface area contributed by atoms with Crippen molar-refractivity contribution in [3.63, 3.8) is 0 Å². The summed E-state index contributed by atoms with van der Waals surface area (Å²) in [5.41, 5.74) is 2.39. The van der Waals surface area contributed by atoms with E-state index in [1.807, 2.05) is 36.4 Å². The van der Waals surface area contributed by atoms with E-state index in [0.717, 1.165) is 0 Å². The fraction of sp³-hybridized carbons (Fsp3) is 0.350. The van der Waals surface area contributed by atoms with Crippen molar-refractivity contribution in [2.45, 2.75) is 38.5 Å². The van der Waals surface area contributed by atoms with Crippen molar-refractivity contribution in [3.8, 4) is 0 Å². The van der Waals surface area contributed by atoms with Gasteiger partial charge in [0.05, 0.1) is 0 Å². The summed E-state index contributed by atoms with van der Waals surface area (Å²) >= 11 is 0. The molecule has 0 aliphatic carbocycles. The number of benzene rings is 2. The molecule has 0 saturated carbocycles. The van der Waals surface area contributed by atoms with Crippen LogP contribution in [0.15, 0.2) is 60.7 Å². The Morgan fingerprint density at radius 1 is 1.00 bits per heavy atom. The average Bonchev–Trinajstić information content (AvgIpc) is 2.55. The SMILES string of the molecule is CC(CC(=O)NCC(C)(C)c1ccccc1)c1ccccc1. The molecule has 0 bridgehead atoms. The van der Waals surface area contributed by atoms with Crippen molar-refractivity contribution in [1.29, 1.82) is 0 Å². The van der Waals surface area contributed by atoms with E-state index in [4.69, 9.17) is 0 Å². The van der Waals surface area contributed by atoms with Crippen molar-refractivity contribution >= 4 is 5.91 Å². The summed E-state index contributed by atoms with van der Waals surface area (Å²) in [7, 11) is 0. The largest absolute Gasteiger partial charge is 0.355 e. The number of carbonyl (C=O) groups excluding carboxylic acids is 1. The summed E-state index contributed by atoms with van der Waals surface area (Å²) < 4.78 is 0. The van der Waals surface area contributed by atoms with E-state index < -0.39 is 0 Å². The second-order valence-electron chi connectivity index (χ2n) is 6.54. The molecule has 116 valence electrons. The van der Waals surface area contributed by atoms with Gasteiger partial charge in [-0.25, -0.2) is 0 Å². The lowest BCUT2D eigenvalue weighted by molar-refractivity contribution is -0.121. The summed E-state index contributed by atoms with van der Waals surface area (Å²) in [5, 5.41) is 3.08. The Hall–Kier alpha value is -2.09. The monoisotopic (exact) mass is 295 g/mol. The fourth-order valence-corrected chi connectivity index (χ4v) is 2.56. The predicted molar refractivity (Wildman–Crippen MR) is 92.0 cm³/mol. The molecule has 0 fully saturated rings. The van der Waals surface area contributed by atoms with Gasteiger partial charge in [0.1, 0.15) is 0 Å². The van der Waals surface area contributed by atoms with Crippen molar-refractivity contribution in [1.82, 2.24) is 5.32 Å². The lowest BCUT2D eigenvalue weighted by atomic mass is 9.84. The Labute approximate surface area is 133 Å². The predicted octanol–water partition coefficient (Wildman–Crippen LogP) is 4.27. The molecule has 2 aromatic carbocycles. The van der Waals surface area contributed by atoms with Gasteiger partial charge in [0, 0.05) is 18.4 Å². The van der Waals surface area contributed by atoms with Crippen LogP contribution in [0.2, 0.25) is 0 Å². The van der Waals surface area contributed by atoms with Crippen LogP contribution < -0.4 is 5.32 Å². The van der Waals surface area contributed by atoms with Crippen LogP contribution >= 0.6 is 0 Å². The quantitative estimate of drug-likeness (QED) is 0.847. The molecule has 1 amide bonds. The first-order valence-electron chi connectivity index (χ1n) is 7.86. The van der Waals surface area contributed by atoms with Gasteiger partial charge in [-0.1, -0.05) is 81.4 Å². The standard InChI is InChI=1S/C20H25NO/c1-16(17-10-6-4-7-11-17)14-19(22)21-15-20(2,3)18-12-8-5-9-13-18/h4-13,16H,14-15H2,1-3H3,(H,21,22). The Bertz CT molecular complexity index is 590. The molecule has 0 radical (unpaired) electrons. The molecule has 2 nitrogen and oxygen atoms in total. The molecule has 22 heavy (non-hydrogen) atoms. The molecule has 1 N–H and O–H groups in total. The van der Waals surface area contributed by atoms with Crippen LogP contribution in [-0.2, 0) is 10.2 Å². The zero-order valence-electron chi connectivity index (χ0n) is 13.7. The molecular formula is C20H25NO. The Morgan fingerprint density at radius 3 is 2.14 bits per heavy atom. The maximum atomic E-state index is 12.2. The van der Waals surface area contributed by atoms with Gasteiger partial charge >= 0.3 is 0 Å². The second-order valence-corrected chi connectivity index (χ2v) is 6.54. The van der Waals surface area contributed by atoms with Gasteiger partial charge in [-0.05, 0) is 17.0 Å². The van der Waals surface area contributed by atoms with Gasteiger partial charge in [-0.3, -0.25) is 4.79 Å². The molecule has 1 atom stereocenters.